The Morgan fingerprint density at radius 1 is 1.03 bits per heavy atom. The number of rotatable bonds is 10. The van der Waals surface area contributed by atoms with Crippen LogP contribution in [-0.2, 0) is 23.2 Å². The van der Waals surface area contributed by atoms with Gasteiger partial charge < -0.3 is 10.1 Å². The maximum Gasteiger partial charge on any atom is 0.251 e. The van der Waals surface area contributed by atoms with Crippen molar-refractivity contribution < 1.29 is 17.9 Å². The Bertz CT molecular complexity index is 1100. The maximum atomic E-state index is 12.5. The van der Waals surface area contributed by atoms with E-state index >= 15 is 0 Å². The van der Waals surface area contributed by atoms with Gasteiger partial charge >= 0.3 is 0 Å². The lowest BCUT2D eigenvalue weighted by Crippen LogP contribution is -2.23. The van der Waals surface area contributed by atoms with Gasteiger partial charge in [0.1, 0.15) is 12.4 Å². The molecule has 0 fully saturated rings. The Kier molecular flexibility index (Phi) is 7.61. The summed E-state index contributed by atoms with van der Waals surface area (Å²) in [7, 11) is -3.41. The quantitative estimate of drug-likeness (QED) is 0.502. The number of sulfonamides is 1. The molecule has 3 rings (SSSR count). The first-order valence-corrected chi connectivity index (χ1v) is 11.6. The molecular formula is C23H25N3O4S. The standard InChI is InChI=1S/C23H25N3O4S/c1-2-14-31(28,29)26-20-8-5-6-19(15-20)23(27)25-16-18-9-11-22(12-10-18)30-17-21-7-3-4-13-24-21/h3-13,15,26H,2,14,16-17H2,1H3,(H,25,27). The van der Waals surface area contributed by atoms with E-state index in [2.05, 4.69) is 15.0 Å². The Balaban J connectivity index is 1.53. The second-order valence-corrected chi connectivity index (χ2v) is 8.78. The molecule has 0 aliphatic heterocycles. The van der Waals surface area contributed by atoms with Gasteiger partial charge in [0, 0.05) is 24.0 Å². The van der Waals surface area contributed by atoms with E-state index in [1.807, 2.05) is 42.5 Å². The van der Waals surface area contributed by atoms with E-state index in [1.54, 1.807) is 31.3 Å². The van der Waals surface area contributed by atoms with Crippen LogP contribution in [0.1, 0.15) is 35.0 Å². The molecule has 2 aromatic carbocycles. The summed E-state index contributed by atoms with van der Waals surface area (Å²) in [6, 6.07) is 19.5. The van der Waals surface area contributed by atoms with Crippen LogP contribution in [0.4, 0.5) is 5.69 Å². The number of carbonyl (C=O) groups is 1. The van der Waals surface area contributed by atoms with Gasteiger partial charge in [-0.25, -0.2) is 8.42 Å². The maximum absolute atomic E-state index is 12.5. The van der Waals surface area contributed by atoms with Crippen LogP contribution in [0.5, 0.6) is 5.75 Å². The topological polar surface area (TPSA) is 97.4 Å². The van der Waals surface area contributed by atoms with Gasteiger partial charge in [0.25, 0.3) is 5.91 Å². The van der Waals surface area contributed by atoms with Crippen molar-refractivity contribution in [3.8, 4) is 5.75 Å². The fourth-order valence-corrected chi connectivity index (χ4v) is 3.98. The summed E-state index contributed by atoms with van der Waals surface area (Å²) < 4.78 is 32.0. The number of nitrogens with one attached hydrogen (secondary N) is 2. The molecule has 1 heterocycles. The monoisotopic (exact) mass is 439 g/mol. The summed E-state index contributed by atoms with van der Waals surface area (Å²) >= 11 is 0. The highest BCUT2D eigenvalue weighted by Gasteiger charge is 2.11. The second-order valence-electron chi connectivity index (χ2n) is 6.94. The summed E-state index contributed by atoms with van der Waals surface area (Å²) in [5.41, 5.74) is 2.51. The van der Waals surface area contributed by atoms with Gasteiger partial charge in [0.2, 0.25) is 10.0 Å². The van der Waals surface area contributed by atoms with Gasteiger partial charge in [-0.1, -0.05) is 31.2 Å². The number of amides is 1. The van der Waals surface area contributed by atoms with Gasteiger partial charge in [0.15, 0.2) is 0 Å². The molecule has 8 heteroatoms. The summed E-state index contributed by atoms with van der Waals surface area (Å²) in [5, 5.41) is 2.84. The van der Waals surface area contributed by atoms with Gasteiger partial charge in [-0.2, -0.15) is 0 Å². The lowest BCUT2D eigenvalue weighted by atomic mass is 10.1. The van der Waals surface area contributed by atoms with E-state index in [9.17, 15) is 13.2 Å². The molecule has 2 N–H and O–H groups in total. The molecule has 0 atom stereocenters. The summed E-state index contributed by atoms with van der Waals surface area (Å²) in [5.74, 6) is 0.463. The zero-order valence-electron chi connectivity index (χ0n) is 17.2. The average molecular weight is 440 g/mol. The Morgan fingerprint density at radius 2 is 1.84 bits per heavy atom. The Labute approximate surface area is 182 Å². The van der Waals surface area contributed by atoms with Crippen LogP contribution in [-0.4, -0.2) is 25.1 Å². The lowest BCUT2D eigenvalue weighted by Gasteiger charge is -2.10. The second kappa shape index (κ2) is 10.6. The number of anilines is 1. The van der Waals surface area contributed by atoms with E-state index in [1.165, 1.54) is 6.07 Å². The number of carbonyl (C=O) groups excluding carboxylic acids is 1. The number of ether oxygens (including phenoxy) is 1. The zero-order chi connectivity index (χ0) is 22.1. The summed E-state index contributed by atoms with van der Waals surface area (Å²) in [4.78, 5) is 16.7. The molecule has 0 spiro atoms. The van der Waals surface area contributed by atoms with Gasteiger partial charge in [-0.3, -0.25) is 14.5 Å². The van der Waals surface area contributed by atoms with E-state index in [0.29, 0.717) is 36.6 Å². The molecule has 3 aromatic rings. The van der Waals surface area contributed by atoms with Crippen LogP contribution in [0, 0.1) is 0 Å². The first-order chi connectivity index (χ1) is 14.9. The number of pyridine rings is 1. The minimum atomic E-state index is -3.41. The van der Waals surface area contributed by atoms with Gasteiger partial charge in [-0.15, -0.1) is 0 Å². The average Bonchev–Trinajstić information content (AvgIpc) is 2.77. The molecule has 0 saturated carbocycles. The Morgan fingerprint density at radius 3 is 2.55 bits per heavy atom. The molecule has 1 amide bonds. The SMILES string of the molecule is CCCS(=O)(=O)Nc1cccc(C(=O)NCc2ccc(OCc3ccccn3)cc2)c1. The largest absolute Gasteiger partial charge is 0.487 e. The number of hydrogen-bond acceptors (Lipinski definition) is 5. The van der Waals surface area contributed by atoms with E-state index in [-0.39, 0.29) is 11.7 Å². The van der Waals surface area contributed by atoms with Gasteiger partial charge in [-0.05, 0) is 54.4 Å². The van der Waals surface area contributed by atoms with Crippen molar-refractivity contribution in [2.45, 2.75) is 26.5 Å². The van der Waals surface area contributed by atoms with Crippen molar-refractivity contribution in [3.63, 3.8) is 0 Å². The lowest BCUT2D eigenvalue weighted by molar-refractivity contribution is 0.0951. The smallest absolute Gasteiger partial charge is 0.251 e. The third-order valence-corrected chi connectivity index (χ3v) is 5.85. The molecule has 31 heavy (non-hydrogen) atoms. The molecule has 162 valence electrons. The summed E-state index contributed by atoms with van der Waals surface area (Å²) in [6.45, 7) is 2.52. The summed E-state index contributed by atoms with van der Waals surface area (Å²) in [6.07, 6.45) is 2.24. The van der Waals surface area contributed by atoms with Crippen molar-refractivity contribution in [1.29, 1.82) is 0 Å². The number of nitrogens with zero attached hydrogens (tertiary/aromatic N) is 1. The van der Waals surface area contributed by atoms with E-state index in [4.69, 9.17) is 4.74 Å². The third-order valence-electron chi connectivity index (χ3n) is 4.36. The Hall–Kier alpha value is -3.39. The number of benzene rings is 2. The van der Waals surface area contributed by atoms with E-state index in [0.717, 1.165) is 11.3 Å². The molecule has 0 aliphatic carbocycles. The highest BCUT2D eigenvalue weighted by molar-refractivity contribution is 7.92. The minimum absolute atomic E-state index is 0.0327. The van der Waals surface area contributed by atoms with Crippen molar-refractivity contribution in [2.24, 2.45) is 0 Å². The first-order valence-electron chi connectivity index (χ1n) is 9.95. The van der Waals surface area contributed by atoms with Crippen molar-refractivity contribution in [1.82, 2.24) is 10.3 Å². The normalized spacial score (nSPS) is 11.0. The van der Waals surface area contributed by atoms with Crippen LogP contribution >= 0.6 is 0 Å². The van der Waals surface area contributed by atoms with Crippen LogP contribution in [0.3, 0.4) is 0 Å². The van der Waals surface area contributed by atoms with Crippen molar-refractivity contribution in [2.75, 3.05) is 10.5 Å². The molecule has 7 nitrogen and oxygen atoms in total. The van der Waals surface area contributed by atoms with Gasteiger partial charge in [0.05, 0.1) is 11.4 Å². The van der Waals surface area contributed by atoms with Crippen molar-refractivity contribution >= 4 is 21.6 Å². The molecule has 0 aliphatic rings. The fourth-order valence-electron chi connectivity index (χ4n) is 2.85. The molecule has 0 saturated heterocycles. The number of hydrogen-bond donors (Lipinski definition) is 2. The van der Waals surface area contributed by atoms with Crippen LogP contribution in [0.2, 0.25) is 0 Å². The highest BCUT2D eigenvalue weighted by atomic mass is 32.2. The van der Waals surface area contributed by atoms with Crippen LogP contribution in [0.25, 0.3) is 0 Å². The molecular weight excluding hydrogens is 414 g/mol. The zero-order valence-corrected chi connectivity index (χ0v) is 18.1. The van der Waals surface area contributed by atoms with Crippen molar-refractivity contribution in [3.05, 3.63) is 89.7 Å². The third kappa shape index (κ3) is 7.11. The molecule has 1 aromatic heterocycles. The van der Waals surface area contributed by atoms with Crippen LogP contribution < -0.4 is 14.8 Å². The minimum Gasteiger partial charge on any atom is -0.487 e. The van der Waals surface area contributed by atoms with Crippen LogP contribution in [0.15, 0.2) is 72.9 Å². The predicted octanol–water partition coefficient (Wildman–Crippen LogP) is 3.74. The predicted molar refractivity (Wildman–Crippen MR) is 120 cm³/mol. The molecule has 0 bridgehead atoms. The molecule has 0 radical (unpaired) electrons. The molecule has 0 unspecified atom stereocenters. The van der Waals surface area contributed by atoms with E-state index < -0.39 is 10.0 Å². The first kappa shape index (κ1) is 22.3. The fraction of sp³-hybridized carbons (Fsp3) is 0.217. The highest BCUT2D eigenvalue weighted by Crippen LogP contribution is 2.15. The number of aromatic nitrogens is 1.